The second-order valence-corrected chi connectivity index (χ2v) is 4.30. The predicted octanol–water partition coefficient (Wildman–Crippen LogP) is 0.903. The van der Waals surface area contributed by atoms with E-state index in [9.17, 15) is 5.11 Å². The van der Waals surface area contributed by atoms with Crippen LogP contribution >= 0.6 is 0 Å². The second kappa shape index (κ2) is 4.94. The van der Waals surface area contributed by atoms with Gasteiger partial charge in [-0.2, -0.15) is 0 Å². The molecule has 0 amide bonds. The van der Waals surface area contributed by atoms with E-state index >= 15 is 0 Å². The topological polar surface area (TPSA) is 55.5 Å². The lowest BCUT2D eigenvalue weighted by Gasteiger charge is -2.30. The molecule has 3 nitrogen and oxygen atoms in total. The summed E-state index contributed by atoms with van der Waals surface area (Å²) in [7, 11) is 0. The molecule has 1 unspecified atom stereocenters. The molecule has 1 rings (SSSR count). The molecule has 78 valence electrons. The minimum atomic E-state index is -0.573. The van der Waals surface area contributed by atoms with E-state index in [0.717, 1.165) is 32.5 Å². The van der Waals surface area contributed by atoms with Crippen LogP contribution in [0.1, 0.15) is 32.6 Å². The van der Waals surface area contributed by atoms with Crippen LogP contribution < -0.4 is 5.73 Å². The average molecular weight is 187 g/mol. The maximum absolute atomic E-state index is 9.95. The fraction of sp³-hybridized carbons (Fsp3) is 1.00. The van der Waals surface area contributed by atoms with Gasteiger partial charge in [-0.3, -0.25) is 0 Å². The minimum absolute atomic E-state index is 0.566. The van der Waals surface area contributed by atoms with E-state index in [-0.39, 0.29) is 0 Å². The third-order valence-electron chi connectivity index (χ3n) is 2.75. The fourth-order valence-corrected chi connectivity index (χ4v) is 1.99. The molecular weight excluding hydrogens is 166 g/mol. The fourth-order valence-electron chi connectivity index (χ4n) is 1.99. The van der Waals surface area contributed by atoms with Crippen molar-refractivity contribution in [3.05, 3.63) is 0 Å². The van der Waals surface area contributed by atoms with Crippen LogP contribution in [0.3, 0.4) is 0 Å². The van der Waals surface area contributed by atoms with Gasteiger partial charge in [0.15, 0.2) is 0 Å². The molecule has 0 saturated carbocycles. The molecule has 0 aliphatic carbocycles. The molecule has 0 aromatic heterocycles. The first-order valence-corrected chi connectivity index (χ1v) is 5.14. The average Bonchev–Trinajstić information content (AvgIpc) is 2.04. The Bertz CT molecular complexity index is 142. The summed E-state index contributed by atoms with van der Waals surface area (Å²) in [5, 5.41) is 9.95. The van der Waals surface area contributed by atoms with E-state index in [1.807, 2.05) is 6.92 Å². The molecule has 1 aliphatic heterocycles. The van der Waals surface area contributed by atoms with E-state index < -0.39 is 5.60 Å². The van der Waals surface area contributed by atoms with Crippen molar-refractivity contribution in [2.24, 2.45) is 11.7 Å². The van der Waals surface area contributed by atoms with Crippen molar-refractivity contribution < 1.29 is 9.84 Å². The number of hydrogen-bond acceptors (Lipinski definition) is 3. The van der Waals surface area contributed by atoms with Gasteiger partial charge in [-0.05, 0) is 45.1 Å². The first-order chi connectivity index (χ1) is 6.14. The highest BCUT2D eigenvalue weighted by Crippen LogP contribution is 2.26. The van der Waals surface area contributed by atoms with Gasteiger partial charge in [0.2, 0.25) is 0 Å². The smallest absolute Gasteiger partial charge is 0.0634 e. The van der Waals surface area contributed by atoms with Crippen LogP contribution in [-0.2, 0) is 4.74 Å². The third kappa shape index (κ3) is 4.07. The Labute approximate surface area is 80.3 Å². The van der Waals surface area contributed by atoms with E-state index in [1.54, 1.807) is 0 Å². The van der Waals surface area contributed by atoms with Crippen molar-refractivity contribution in [3.8, 4) is 0 Å². The van der Waals surface area contributed by atoms with Gasteiger partial charge in [-0.1, -0.05) is 0 Å². The highest BCUT2D eigenvalue weighted by Gasteiger charge is 2.25. The van der Waals surface area contributed by atoms with Crippen LogP contribution in [0.5, 0.6) is 0 Å². The SMILES string of the molecule is CC(O)(CCN)CC1CCOCC1. The monoisotopic (exact) mass is 187 g/mol. The second-order valence-electron chi connectivity index (χ2n) is 4.30. The molecule has 1 atom stereocenters. The number of hydrogen-bond donors (Lipinski definition) is 2. The molecule has 1 heterocycles. The van der Waals surface area contributed by atoms with Crippen molar-refractivity contribution >= 4 is 0 Å². The number of nitrogens with two attached hydrogens (primary N) is 1. The maximum atomic E-state index is 9.95. The molecule has 0 radical (unpaired) electrons. The Morgan fingerprint density at radius 2 is 2.08 bits per heavy atom. The standard InChI is InChI=1S/C10H21NO2/c1-10(12,4-5-11)8-9-2-6-13-7-3-9/h9,12H,2-8,11H2,1H3. The van der Waals surface area contributed by atoms with Crippen molar-refractivity contribution in [1.82, 2.24) is 0 Å². The van der Waals surface area contributed by atoms with E-state index in [2.05, 4.69) is 0 Å². The van der Waals surface area contributed by atoms with Gasteiger partial charge in [0, 0.05) is 13.2 Å². The Kier molecular flexibility index (Phi) is 4.16. The van der Waals surface area contributed by atoms with Gasteiger partial charge in [-0.25, -0.2) is 0 Å². The number of ether oxygens (including phenoxy) is 1. The highest BCUT2D eigenvalue weighted by atomic mass is 16.5. The molecule has 1 fully saturated rings. The largest absolute Gasteiger partial charge is 0.390 e. The third-order valence-corrected chi connectivity index (χ3v) is 2.75. The van der Waals surface area contributed by atoms with E-state index in [4.69, 9.17) is 10.5 Å². The molecular formula is C10H21NO2. The molecule has 0 aromatic carbocycles. The van der Waals surface area contributed by atoms with Gasteiger partial charge in [0.1, 0.15) is 0 Å². The summed E-state index contributed by atoms with van der Waals surface area (Å²) in [4.78, 5) is 0. The lowest BCUT2D eigenvalue weighted by atomic mass is 9.85. The van der Waals surface area contributed by atoms with Crippen molar-refractivity contribution in [2.75, 3.05) is 19.8 Å². The van der Waals surface area contributed by atoms with Gasteiger partial charge < -0.3 is 15.6 Å². The Morgan fingerprint density at radius 1 is 1.46 bits per heavy atom. The molecule has 0 aromatic rings. The first kappa shape index (κ1) is 11.0. The Balaban J connectivity index is 2.28. The van der Waals surface area contributed by atoms with E-state index in [1.165, 1.54) is 0 Å². The van der Waals surface area contributed by atoms with Crippen molar-refractivity contribution in [1.29, 1.82) is 0 Å². The summed E-state index contributed by atoms with van der Waals surface area (Å²) in [5.41, 5.74) is 4.86. The summed E-state index contributed by atoms with van der Waals surface area (Å²) in [6.45, 7) is 4.15. The molecule has 0 spiro atoms. The predicted molar refractivity (Wildman–Crippen MR) is 52.5 cm³/mol. The summed E-state index contributed by atoms with van der Waals surface area (Å²) < 4.78 is 5.27. The molecule has 0 bridgehead atoms. The quantitative estimate of drug-likeness (QED) is 0.687. The Morgan fingerprint density at radius 3 is 2.62 bits per heavy atom. The molecule has 13 heavy (non-hydrogen) atoms. The van der Waals surface area contributed by atoms with Crippen molar-refractivity contribution in [3.63, 3.8) is 0 Å². The number of aliphatic hydroxyl groups is 1. The maximum Gasteiger partial charge on any atom is 0.0634 e. The van der Waals surface area contributed by atoms with Crippen LogP contribution in [0.15, 0.2) is 0 Å². The summed E-state index contributed by atoms with van der Waals surface area (Å²) in [6, 6.07) is 0. The zero-order valence-electron chi connectivity index (χ0n) is 8.46. The van der Waals surface area contributed by atoms with Gasteiger partial charge >= 0.3 is 0 Å². The lowest BCUT2D eigenvalue weighted by Crippen LogP contribution is -2.32. The van der Waals surface area contributed by atoms with Crippen LogP contribution in [0.4, 0.5) is 0 Å². The van der Waals surface area contributed by atoms with Gasteiger partial charge in [-0.15, -0.1) is 0 Å². The summed E-state index contributed by atoms with van der Waals surface area (Å²) in [6.07, 6.45) is 3.74. The van der Waals surface area contributed by atoms with Crippen LogP contribution in [-0.4, -0.2) is 30.5 Å². The zero-order valence-corrected chi connectivity index (χ0v) is 8.46. The van der Waals surface area contributed by atoms with Crippen LogP contribution in [0.2, 0.25) is 0 Å². The van der Waals surface area contributed by atoms with E-state index in [0.29, 0.717) is 18.9 Å². The van der Waals surface area contributed by atoms with Crippen molar-refractivity contribution in [2.45, 2.75) is 38.2 Å². The minimum Gasteiger partial charge on any atom is -0.390 e. The van der Waals surface area contributed by atoms with Gasteiger partial charge in [0.05, 0.1) is 5.60 Å². The highest BCUT2D eigenvalue weighted by molar-refractivity contribution is 4.78. The Hall–Kier alpha value is -0.120. The van der Waals surface area contributed by atoms with Gasteiger partial charge in [0.25, 0.3) is 0 Å². The number of rotatable bonds is 4. The van der Waals surface area contributed by atoms with Crippen LogP contribution in [0.25, 0.3) is 0 Å². The summed E-state index contributed by atoms with van der Waals surface area (Å²) >= 11 is 0. The molecule has 3 heteroatoms. The van der Waals surface area contributed by atoms with Crippen LogP contribution in [0, 0.1) is 5.92 Å². The molecule has 1 saturated heterocycles. The summed E-state index contributed by atoms with van der Waals surface area (Å²) in [5.74, 6) is 0.621. The first-order valence-electron chi connectivity index (χ1n) is 5.14. The zero-order chi connectivity index (χ0) is 9.73. The molecule has 1 aliphatic rings. The lowest BCUT2D eigenvalue weighted by molar-refractivity contribution is -0.00345. The molecule has 3 N–H and O–H groups in total. The normalized spacial score (nSPS) is 24.2.